The molecule has 0 atom stereocenters. The van der Waals surface area contributed by atoms with Crippen molar-refractivity contribution in [1.82, 2.24) is 9.55 Å². The number of halogens is 2. The number of imidazole rings is 1. The Labute approximate surface area is 126 Å². The van der Waals surface area contributed by atoms with E-state index in [1.165, 1.54) is 30.1 Å². The summed E-state index contributed by atoms with van der Waals surface area (Å²) in [5, 5.41) is 0.0746. The third kappa shape index (κ3) is 2.84. The Balaban J connectivity index is 2.33. The summed E-state index contributed by atoms with van der Waals surface area (Å²) in [6.45, 7) is 0. The van der Waals surface area contributed by atoms with Crippen LogP contribution in [-0.2, 0) is 17.1 Å². The lowest BCUT2D eigenvalue weighted by Gasteiger charge is -2.08. The molecule has 2 aromatic rings. The summed E-state index contributed by atoms with van der Waals surface area (Å²) in [5.74, 6) is 0.450. The molecule has 6 nitrogen and oxygen atoms in total. The topological polar surface area (TPSA) is 73.2 Å². The van der Waals surface area contributed by atoms with Crippen LogP contribution < -0.4 is 9.46 Å². The molecule has 0 aliphatic rings. The summed E-state index contributed by atoms with van der Waals surface area (Å²) in [4.78, 5) is 3.76. The first-order valence-electron chi connectivity index (χ1n) is 5.38. The number of hydrogen-bond acceptors (Lipinski definition) is 4. The zero-order valence-electron chi connectivity index (χ0n) is 10.6. The SMILES string of the molecule is COc1ccc(NS(=O)(=O)c2ncn(C)c2Cl)cc1Cl. The first-order chi connectivity index (χ1) is 9.35. The summed E-state index contributed by atoms with van der Waals surface area (Å²) in [6.07, 6.45) is 1.32. The third-order valence-corrected chi connectivity index (χ3v) is 4.66. The minimum atomic E-state index is -3.87. The average Bonchev–Trinajstić information content (AvgIpc) is 2.70. The van der Waals surface area contributed by atoms with Gasteiger partial charge in [-0.3, -0.25) is 4.72 Å². The van der Waals surface area contributed by atoms with Crippen molar-refractivity contribution >= 4 is 38.9 Å². The molecule has 0 radical (unpaired) electrons. The van der Waals surface area contributed by atoms with E-state index in [1.54, 1.807) is 13.1 Å². The minimum absolute atomic E-state index is 0.0251. The molecule has 20 heavy (non-hydrogen) atoms. The van der Waals surface area contributed by atoms with Crippen molar-refractivity contribution in [2.75, 3.05) is 11.8 Å². The summed E-state index contributed by atoms with van der Waals surface area (Å²) in [6, 6.07) is 4.52. The van der Waals surface area contributed by atoms with Crippen molar-refractivity contribution in [3.8, 4) is 5.75 Å². The van der Waals surface area contributed by atoms with Gasteiger partial charge in [0.15, 0.2) is 0 Å². The van der Waals surface area contributed by atoms with E-state index in [-0.39, 0.29) is 15.9 Å². The van der Waals surface area contributed by atoms with E-state index in [2.05, 4.69) is 9.71 Å². The number of aryl methyl sites for hydroxylation is 1. The van der Waals surface area contributed by atoms with E-state index in [1.807, 2.05) is 0 Å². The van der Waals surface area contributed by atoms with Gasteiger partial charge in [-0.25, -0.2) is 4.98 Å². The molecule has 1 aromatic heterocycles. The first-order valence-corrected chi connectivity index (χ1v) is 7.62. The number of anilines is 1. The highest BCUT2D eigenvalue weighted by Crippen LogP contribution is 2.29. The number of sulfonamides is 1. The normalized spacial score (nSPS) is 11.4. The fraction of sp³-hybridized carbons (Fsp3) is 0.182. The molecule has 2 rings (SSSR count). The molecule has 0 aliphatic carbocycles. The summed E-state index contributed by atoms with van der Waals surface area (Å²) in [5.41, 5.74) is 0.289. The molecule has 1 N–H and O–H groups in total. The molecular formula is C11H11Cl2N3O3S. The van der Waals surface area contributed by atoms with Gasteiger partial charge in [0.25, 0.3) is 10.0 Å². The molecule has 9 heteroatoms. The lowest BCUT2D eigenvalue weighted by atomic mass is 10.3. The highest BCUT2D eigenvalue weighted by atomic mass is 35.5. The molecule has 0 amide bonds. The molecule has 0 fully saturated rings. The van der Waals surface area contributed by atoms with Crippen LogP contribution >= 0.6 is 23.2 Å². The van der Waals surface area contributed by atoms with Gasteiger partial charge >= 0.3 is 0 Å². The Hall–Kier alpha value is -1.44. The van der Waals surface area contributed by atoms with Crippen LogP contribution in [0.2, 0.25) is 10.2 Å². The summed E-state index contributed by atoms with van der Waals surface area (Å²) >= 11 is 11.8. The summed E-state index contributed by atoms with van der Waals surface area (Å²) < 4.78 is 33.1. The maximum absolute atomic E-state index is 12.2. The number of benzene rings is 1. The van der Waals surface area contributed by atoms with Crippen molar-refractivity contribution < 1.29 is 13.2 Å². The van der Waals surface area contributed by atoms with Gasteiger partial charge in [-0.05, 0) is 18.2 Å². The van der Waals surface area contributed by atoms with Crippen molar-refractivity contribution in [2.45, 2.75) is 5.03 Å². The van der Waals surface area contributed by atoms with E-state index in [9.17, 15) is 8.42 Å². The van der Waals surface area contributed by atoms with Gasteiger partial charge in [0.05, 0.1) is 24.1 Å². The van der Waals surface area contributed by atoms with E-state index in [0.29, 0.717) is 10.8 Å². The first kappa shape index (κ1) is 15.0. The molecule has 0 saturated heterocycles. The maximum atomic E-state index is 12.2. The smallest absolute Gasteiger partial charge is 0.282 e. The molecule has 0 spiro atoms. The highest BCUT2D eigenvalue weighted by Gasteiger charge is 2.22. The number of methoxy groups -OCH3 is 1. The Kier molecular flexibility index (Phi) is 4.12. The summed E-state index contributed by atoms with van der Waals surface area (Å²) in [7, 11) is -0.806. The third-order valence-electron chi connectivity index (χ3n) is 2.49. The van der Waals surface area contributed by atoms with Gasteiger partial charge in [-0.1, -0.05) is 23.2 Å². The molecule has 108 valence electrons. The van der Waals surface area contributed by atoms with Crippen LogP contribution in [0.15, 0.2) is 29.6 Å². The zero-order valence-corrected chi connectivity index (χ0v) is 12.9. The van der Waals surface area contributed by atoms with Gasteiger partial charge < -0.3 is 9.30 Å². The molecule has 0 aliphatic heterocycles. The van der Waals surface area contributed by atoms with E-state index < -0.39 is 10.0 Å². The zero-order chi connectivity index (χ0) is 14.9. The fourth-order valence-electron chi connectivity index (χ4n) is 1.51. The predicted octanol–water partition coefficient (Wildman–Crippen LogP) is 2.54. The standard InChI is InChI=1S/C11H11Cl2N3O3S/c1-16-6-14-11(10(16)13)20(17,18)15-7-3-4-9(19-2)8(12)5-7/h3-6,15H,1-2H3. The van der Waals surface area contributed by atoms with Crippen LogP contribution in [0.3, 0.4) is 0 Å². The molecule has 0 unspecified atom stereocenters. The Morgan fingerprint density at radius 2 is 2.05 bits per heavy atom. The number of aromatic nitrogens is 2. The molecular weight excluding hydrogens is 325 g/mol. The Bertz CT molecular complexity index is 743. The molecule has 1 aromatic carbocycles. The molecule has 0 saturated carbocycles. The van der Waals surface area contributed by atoms with Gasteiger partial charge in [0, 0.05) is 7.05 Å². The van der Waals surface area contributed by atoms with Crippen LogP contribution in [0.25, 0.3) is 0 Å². The molecule has 0 bridgehead atoms. The molecule has 1 heterocycles. The number of hydrogen-bond donors (Lipinski definition) is 1. The number of rotatable bonds is 4. The largest absolute Gasteiger partial charge is 0.495 e. The second-order valence-corrected chi connectivity index (χ2v) is 6.27. The Morgan fingerprint density at radius 1 is 1.35 bits per heavy atom. The van der Waals surface area contributed by atoms with Crippen LogP contribution in [0.4, 0.5) is 5.69 Å². The number of nitrogens with zero attached hydrogens (tertiary/aromatic N) is 2. The van der Waals surface area contributed by atoms with Crippen LogP contribution in [0.1, 0.15) is 0 Å². The van der Waals surface area contributed by atoms with E-state index in [0.717, 1.165) is 0 Å². The Morgan fingerprint density at radius 3 is 2.55 bits per heavy atom. The van der Waals surface area contributed by atoms with Crippen LogP contribution in [0, 0.1) is 0 Å². The van der Waals surface area contributed by atoms with Crippen LogP contribution in [0.5, 0.6) is 5.75 Å². The van der Waals surface area contributed by atoms with Crippen molar-refractivity contribution in [2.24, 2.45) is 7.05 Å². The van der Waals surface area contributed by atoms with E-state index in [4.69, 9.17) is 27.9 Å². The number of nitrogens with one attached hydrogen (secondary N) is 1. The second-order valence-electron chi connectivity index (χ2n) is 3.91. The second kappa shape index (κ2) is 5.51. The number of ether oxygens (including phenoxy) is 1. The van der Waals surface area contributed by atoms with Crippen molar-refractivity contribution in [3.05, 3.63) is 34.7 Å². The average molecular weight is 336 g/mol. The minimum Gasteiger partial charge on any atom is -0.495 e. The lowest BCUT2D eigenvalue weighted by molar-refractivity contribution is 0.415. The lowest BCUT2D eigenvalue weighted by Crippen LogP contribution is -2.14. The van der Waals surface area contributed by atoms with Gasteiger partial charge in [0.1, 0.15) is 10.9 Å². The van der Waals surface area contributed by atoms with Crippen molar-refractivity contribution in [1.29, 1.82) is 0 Å². The van der Waals surface area contributed by atoms with Gasteiger partial charge in [-0.2, -0.15) is 8.42 Å². The monoisotopic (exact) mass is 335 g/mol. The quantitative estimate of drug-likeness (QED) is 0.931. The predicted molar refractivity (Wildman–Crippen MR) is 77.0 cm³/mol. The van der Waals surface area contributed by atoms with Crippen LogP contribution in [-0.4, -0.2) is 25.1 Å². The van der Waals surface area contributed by atoms with Gasteiger partial charge in [-0.15, -0.1) is 0 Å². The maximum Gasteiger partial charge on any atom is 0.282 e. The van der Waals surface area contributed by atoms with Crippen molar-refractivity contribution in [3.63, 3.8) is 0 Å². The van der Waals surface area contributed by atoms with Gasteiger partial charge in [0.2, 0.25) is 5.03 Å². The highest BCUT2D eigenvalue weighted by molar-refractivity contribution is 7.92. The van der Waals surface area contributed by atoms with E-state index >= 15 is 0 Å². The fourth-order valence-corrected chi connectivity index (χ4v) is 3.25.